The molecule has 0 atom stereocenters. The number of halogens is 2. The number of aryl methyl sites for hydroxylation is 1. The van der Waals surface area contributed by atoms with Crippen LogP contribution in [0.4, 0.5) is 23.1 Å². The van der Waals surface area contributed by atoms with Crippen LogP contribution in [0.25, 0.3) is 22.2 Å². The molecule has 11 nitrogen and oxygen atoms in total. The number of para-hydroxylation sites is 1. The highest BCUT2D eigenvalue weighted by Gasteiger charge is 2.22. The van der Waals surface area contributed by atoms with Crippen molar-refractivity contribution in [2.45, 2.75) is 13.8 Å². The van der Waals surface area contributed by atoms with Crippen molar-refractivity contribution in [3.05, 3.63) is 64.8 Å². The Hall–Kier alpha value is -4.13. The molecule has 4 aromatic rings. The predicted molar refractivity (Wildman–Crippen MR) is 172 cm³/mol. The first-order chi connectivity index (χ1) is 20.5. The van der Waals surface area contributed by atoms with Gasteiger partial charge in [0, 0.05) is 35.5 Å². The Morgan fingerprint density at radius 3 is 2.42 bits per heavy atom. The summed E-state index contributed by atoms with van der Waals surface area (Å²) in [4.78, 5) is 25.9. The summed E-state index contributed by atoms with van der Waals surface area (Å²) in [6, 6.07) is 8.70. The van der Waals surface area contributed by atoms with Gasteiger partial charge >= 0.3 is 0 Å². The molecule has 43 heavy (non-hydrogen) atoms. The van der Waals surface area contributed by atoms with Crippen LogP contribution >= 0.6 is 23.2 Å². The number of benzene rings is 2. The fourth-order valence-corrected chi connectivity index (χ4v) is 5.56. The average molecular weight is 646 g/mol. The molecule has 0 radical (unpaired) electrons. The van der Waals surface area contributed by atoms with Crippen molar-refractivity contribution in [1.29, 1.82) is 0 Å². The lowest BCUT2D eigenvalue weighted by Crippen LogP contribution is -2.18. The van der Waals surface area contributed by atoms with Crippen molar-refractivity contribution < 1.29 is 22.7 Å². The summed E-state index contributed by atoms with van der Waals surface area (Å²) in [5.74, 6) is 0.682. The molecule has 0 bridgehead atoms. The summed E-state index contributed by atoms with van der Waals surface area (Å²) < 4.78 is 35.2. The number of methoxy groups -OCH3 is 2. The first-order valence-electron chi connectivity index (χ1n) is 13.0. The Balaban J connectivity index is 1.85. The van der Waals surface area contributed by atoms with E-state index in [1.165, 1.54) is 20.3 Å². The van der Waals surface area contributed by atoms with Gasteiger partial charge in [-0.25, -0.2) is 23.4 Å². The second-order valence-electron chi connectivity index (χ2n) is 9.25. The molecule has 2 aromatic carbocycles. The van der Waals surface area contributed by atoms with Crippen molar-refractivity contribution >= 4 is 73.0 Å². The van der Waals surface area contributed by atoms with Gasteiger partial charge in [0.15, 0.2) is 15.7 Å². The molecule has 0 saturated carbocycles. The zero-order chi connectivity index (χ0) is 31.3. The van der Waals surface area contributed by atoms with Crippen LogP contribution in [-0.4, -0.2) is 61.5 Å². The Kier molecular flexibility index (Phi) is 9.95. The summed E-state index contributed by atoms with van der Waals surface area (Å²) in [5.41, 5.74) is 3.06. The molecule has 0 fully saturated rings. The largest absolute Gasteiger partial charge is 0.495 e. The maximum atomic E-state index is 12.2. The van der Waals surface area contributed by atoms with E-state index in [4.69, 9.17) is 37.7 Å². The normalized spacial score (nSPS) is 11.2. The zero-order valence-electron chi connectivity index (χ0n) is 23.9. The van der Waals surface area contributed by atoms with Crippen LogP contribution in [0.5, 0.6) is 11.5 Å². The summed E-state index contributed by atoms with van der Waals surface area (Å²) in [6.07, 6.45) is 2.76. The Bertz CT molecular complexity index is 1790. The lowest BCUT2D eigenvalue weighted by molar-refractivity contribution is -0.111. The molecule has 0 aliphatic heterocycles. The van der Waals surface area contributed by atoms with Crippen LogP contribution < -0.4 is 25.4 Å². The number of sulfone groups is 1. The molecule has 0 aliphatic rings. The quantitative estimate of drug-likeness (QED) is 0.156. The number of rotatable bonds is 12. The number of pyridine rings is 1. The zero-order valence-corrected chi connectivity index (χ0v) is 26.2. The standard InChI is InChI=1S/C29H30Cl2N6O5S/c1-6-22(38)34-18-10-8-9-16(3)26(18)36-29-33-15-17-13-19(23-24(30)20(41-4)14-21(42-5)25(23)31)35-28(27(17)37-29)32-11-12-43(39,40)7-2/h6,8-10,13-15H,1,7,11-12H2,2-5H3,(H,32,35)(H,34,38)(H,33,36,37). The smallest absolute Gasteiger partial charge is 0.247 e. The third-order valence-electron chi connectivity index (χ3n) is 6.49. The van der Waals surface area contributed by atoms with E-state index in [-0.39, 0.29) is 45.8 Å². The number of nitrogens with one attached hydrogen (secondary N) is 3. The van der Waals surface area contributed by atoms with Crippen LogP contribution in [0.2, 0.25) is 10.0 Å². The third-order valence-corrected chi connectivity index (χ3v) is 8.95. The number of amides is 1. The Morgan fingerprint density at radius 2 is 1.79 bits per heavy atom. The molecule has 4 rings (SSSR count). The van der Waals surface area contributed by atoms with E-state index in [0.717, 1.165) is 5.56 Å². The molecule has 0 spiro atoms. The predicted octanol–water partition coefficient (Wildman–Crippen LogP) is 6.04. The number of carbonyl (C=O) groups excluding carboxylic acids is 1. The second kappa shape index (κ2) is 13.4. The van der Waals surface area contributed by atoms with Crippen molar-refractivity contribution in [1.82, 2.24) is 15.0 Å². The van der Waals surface area contributed by atoms with Crippen LogP contribution in [-0.2, 0) is 14.6 Å². The maximum Gasteiger partial charge on any atom is 0.247 e. The number of aromatic nitrogens is 3. The van der Waals surface area contributed by atoms with E-state index in [1.54, 1.807) is 31.3 Å². The van der Waals surface area contributed by atoms with Crippen molar-refractivity contribution in [3.8, 4) is 22.8 Å². The van der Waals surface area contributed by atoms with E-state index in [2.05, 4.69) is 32.5 Å². The van der Waals surface area contributed by atoms with Crippen molar-refractivity contribution in [3.63, 3.8) is 0 Å². The minimum absolute atomic E-state index is 0.00903. The molecule has 2 heterocycles. The van der Waals surface area contributed by atoms with Gasteiger partial charge < -0.3 is 25.4 Å². The SMILES string of the molecule is C=CC(=O)Nc1cccc(C)c1Nc1ncc2cc(-c3c(Cl)c(OC)cc(OC)c3Cl)nc(NCCS(=O)(=O)CC)c2n1. The van der Waals surface area contributed by atoms with Crippen LogP contribution in [0.15, 0.2) is 49.2 Å². The number of hydrogen-bond acceptors (Lipinski definition) is 10. The molecule has 3 N–H and O–H groups in total. The summed E-state index contributed by atoms with van der Waals surface area (Å²) in [7, 11) is -0.318. The van der Waals surface area contributed by atoms with Crippen molar-refractivity contribution in [2.24, 2.45) is 0 Å². The molecular formula is C29H30Cl2N6O5S. The highest BCUT2D eigenvalue weighted by Crippen LogP contribution is 2.46. The van der Waals surface area contributed by atoms with E-state index < -0.39 is 9.84 Å². The number of nitrogens with zero attached hydrogens (tertiary/aromatic N) is 3. The van der Waals surface area contributed by atoms with E-state index in [1.807, 2.05) is 19.1 Å². The van der Waals surface area contributed by atoms with Gasteiger partial charge in [0.25, 0.3) is 0 Å². The van der Waals surface area contributed by atoms with Gasteiger partial charge in [0.2, 0.25) is 11.9 Å². The van der Waals surface area contributed by atoms with Gasteiger partial charge in [-0.1, -0.05) is 48.8 Å². The fourth-order valence-electron chi connectivity index (χ4n) is 4.16. The number of hydrogen-bond donors (Lipinski definition) is 3. The van der Waals surface area contributed by atoms with Gasteiger partial charge in [-0.15, -0.1) is 0 Å². The summed E-state index contributed by atoms with van der Waals surface area (Å²) in [6.45, 7) is 7.04. The number of carbonyl (C=O) groups is 1. The number of ether oxygens (including phenoxy) is 2. The number of fused-ring (bicyclic) bond motifs is 1. The highest BCUT2D eigenvalue weighted by molar-refractivity contribution is 7.91. The average Bonchev–Trinajstić information content (AvgIpc) is 2.99. The molecule has 2 aromatic heterocycles. The lowest BCUT2D eigenvalue weighted by atomic mass is 10.1. The van der Waals surface area contributed by atoms with Crippen LogP contribution in [0.3, 0.4) is 0 Å². The van der Waals surface area contributed by atoms with Crippen molar-refractivity contribution in [2.75, 3.05) is 48.2 Å². The first-order valence-corrected chi connectivity index (χ1v) is 15.6. The van der Waals surface area contributed by atoms with E-state index in [9.17, 15) is 13.2 Å². The molecule has 226 valence electrons. The van der Waals surface area contributed by atoms with Crippen LogP contribution in [0.1, 0.15) is 12.5 Å². The van der Waals surface area contributed by atoms with Gasteiger partial charge in [0.1, 0.15) is 17.0 Å². The minimum atomic E-state index is -3.26. The van der Waals surface area contributed by atoms with Crippen LogP contribution in [0, 0.1) is 6.92 Å². The molecule has 1 amide bonds. The Labute approximate surface area is 259 Å². The monoisotopic (exact) mass is 644 g/mol. The van der Waals surface area contributed by atoms with E-state index >= 15 is 0 Å². The summed E-state index contributed by atoms with van der Waals surface area (Å²) >= 11 is 13.3. The maximum absolute atomic E-state index is 12.2. The third kappa shape index (κ3) is 7.10. The topological polar surface area (TPSA) is 144 Å². The molecule has 0 aliphatic carbocycles. The first kappa shape index (κ1) is 31.8. The van der Waals surface area contributed by atoms with E-state index in [0.29, 0.717) is 45.0 Å². The number of anilines is 4. The van der Waals surface area contributed by atoms with Gasteiger partial charge in [-0.2, -0.15) is 0 Å². The Morgan fingerprint density at radius 1 is 1.09 bits per heavy atom. The molecule has 14 heteroatoms. The van der Waals surface area contributed by atoms with Gasteiger partial charge in [-0.05, 0) is 30.7 Å². The highest BCUT2D eigenvalue weighted by atomic mass is 35.5. The fraction of sp³-hybridized carbons (Fsp3) is 0.241. The second-order valence-corrected chi connectivity index (χ2v) is 12.5. The van der Waals surface area contributed by atoms with Gasteiger partial charge in [0.05, 0.1) is 47.1 Å². The molecule has 0 unspecified atom stereocenters. The minimum Gasteiger partial charge on any atom is -0.495 e. The molecule has 0 saturated heterocycles. The summed E-state index contributed by atoms with van der Waals surface area (Å²) in [5, 5.41) is 10.0. The lowest BCUT2D eigenvalue weighted by Gasteiger charge is -2.17. The molecular weight excluding hydrogens is 615 g/mol. The van der Waals surface area contributed by atoms with Gasteiger partial charge in [-0.3, -0.25) is 4.79 Å².